The molecular weight excluding hydrogens is 889 g/mol. The average Bonchev–Trinajstić information content (AvgIpc) is 3.32. The Kier molecular flexibility index (Phi) is 27.4. The Labute approximate surface area is 396 Å². The predicted octanol–water partition coefficient (Wildman–Crippen LogP) is 8.08. The molecule has 2 saturated heterocycles. The lowest BCUT2D eigenvalue weighted by molar-refractivity contribution is -0.394. The van der Waals surface area contributed by atoms with Gasteiger partial charge in [-0.3, -0.25) is 30.3 Å². The summed E-state index contributed by atoms with van der Waals surface area (Å²) in [7, 11) is 0. The van der Waals surface area contributed by atoms with Crippen molar-refractivity contribution in [2.75, 3.05) is 55.8 Å². The molecule has 0 bridgehead atoms. The summed E-state index contributed by atoms with van der Waals surface area (Å²) in [5, 5.41) is 38.5. The monoisotopic (exact) mass is 932 g/mol. The summed E-state index contributed by atoms with van der Waals surface area (Å²) in [4.78, 5) is 64.7. The third-order valence-electron chi connectivity index (χ3n) is 8.34. The molecule has 0 saturated carbocycles. The summed E-state index contributed by atoms with van der Waals surface area (Å²) in [6.07, 6.45) is 4.07. The Hall–Kier alpha value is -10.2. The van der Waals surface area contributed by atoms with Gasteiger partial charge in [-0.2, -0.15) is 0 Å². The van der Waals surface area contributed by atoms with Crippen LogP contribution in [0, 0.1) is 30.3 Å². The van der Waals surface area contributed by atoms with Crippen LogP contribution in [-0.4, -0.2) is 98.2 Å². The number of nitrogens with two attached hydrogens (primary N) is 1. The number of hydrogen-bond acceptors (Lipinski definition) is 15. The summed E-state index contributed by atoms with van der Waals surface area (Å²) in [5.41, 5.74) is 54.4. The molecule has 0 spiro atoms. The number of hydrogen-bond donors (Lipinski definition) is 3. The van der Waals surface area contributed by atoms with E-state index in [1.807, 2.05) is 0 Å². The number of piperidine rings is 2. The molecule has 2 aromatic rings. The van der Waals surface area contributed by atoms with Gasteiger partial charge in [-0.05, 0) is 144 Å². The van der Waals surface area contributed by atoms with Gasteiger partial charge in [0.05, 0.1) is 39.7 Å². The van der Waals surface area contributed by atoms with Crippen molar-refractivity contribution in [2.45, 2.75) is 59.0 Å². The molecule has 350 valence electrons. The number of aromatic nitrogens is 2. The summed E-state index contributed by atoms with van der Waals surface area (Å²) in [6, 6.07) is 2.15. The van der Waals surface area contributed by atoms with E-state index >= 15 is 0 Å². The molecule has 0 aliphatic carbocycles. The van der Waals surface area contributed by atoms with Gasteiger partial charge in [-0.25, -0.2) is 19.6 Å². The largest absolute Gasteiger partial charge is 0.450 e. The zero-order valence-electron chi connectivity index (χ0n) is 36.7. The van der Waals surface area contributed by atoms with Crippen molar-refractivity contribution in [3.8, 4) is 0 Å². The van der Waals surface area contributed by atoms with E-state index in [1.54, 1.807) is 23.6 Å². The van der Waals surface area contributed by atoms with Crippen LogP contribution >= 0.6 is 0 Å². The summed E-state index contributed by atoms with van der Waals surface area (Å²) in [5.74, 6) is 0.417. The second-order valence-electron chi connectivity index (χ2n) is 12.8. The second-order valence-corrected chi connectivity index (χ2v) is 12.8. The second kappa shape index (κ2) is 33.3. The number of nitrogens with one attached hydrogen (secondary N) is 2. The number of carbonyl (C=O) groups excluding carboxylic acids is 2. The highest BCUT2D eigenvalue weighted by Gasteiger charge is 2.28. The minimum Gasteiger partial charge on any atom is -0.450 e. The molecule has 69 heavy (non-hydrogen) atoms. The maximum absolute atomic E-state index is 11.6. The van der Waals surface area contributed by atoms with Crippen molar-refractivity contribution < 1.29 is 33.8 Å². The van der Waals surface area contributed by atoms with E-state index in [0.717, 1.165) is 25.1 Å². The van der Waals surface area contributed by atoms with Gasteiger partial charge in [0.25, 0.3) is 11.4 Å². The third kappa shape index (κ3) is 22.8. The summed E-state index contributed by atoms with van der Waals surface area (Å²) in [6.45, 7) is 12.8. The van der Waals surface area contributed by atoms with Gasteiger partial charge in [-0.1, -0.05) is 18.9 Å². The van der Waals surface area contributed by atoms with Crippen LogP contribution in [-0.2, 0) is 9.47 Å². The number of carbonyl (C=O) groups is 2. The predicted molar refractivity (Wildman–Crippen MR) is 252 cm³/mol. The fraction of sp³-hybridized carbons (Fsp3) is 0.306. The smallest absolute Gasteiger partial charge is 0.409 e. The number of amides is 2. The average molecular weight is 933 g/mol. The number of likely N-dealkylation sites (tertiary alicyclic amines) is 2. The molecule has 0 aromatic carbocycles. The zero-order chi connectivity index (χ0) is 49.9. The van der Waals surface area contributed by atoms with Crippen LogP contribution in [0.5, 0.6) is 0 Å². The van der Waals surface area contributed by atoms with E-state index in [-0.39, 0.29) is 48.9 Å². The molecule has 2 aliphatic rings. The molecule has 4 N–H and O–H groups in total. The van der Waals surface area contributed by atoms with Crippen LogP contribution in [0.15, 0.2) is 152 Å². The van der Waals surface area contributed by atoms with E-state index in [0.29, 0.717) is 58.1 Å². The number of nitrogens with zero attached hydrogens (tertiary/aromatic N) is 7. The van der Waals surface area contributed by atoms with Crippen molar-refractivity contribution in [1.82, 2.24) is 19.8 Å². The third-order valence-corrected chi connectivity index (χ3v) is 8.34. The molecule has 0 atom stereocenters. The quantitative estimate of drug-likeness (QED) is 0.122. The molecule has 20 heteroatoms. The lowest BCUT2D eigenvalue weighted by atomic mass is 10.1. The molecule has 4 heterocycles. The summed E-state index contributed by atoms with van der Waals surface area (Å²) < 4.78 is 9.88. The van der Waals surface area contributed by atoms with Gasteiger partial charge in [0, 0.05) is 55.8 Å². The molecule has 2 aromatic heterocycles. The number of pyridine rings is 2. The highest BCUT2D eigenvalue weighted by atomic mass is 16.6. The van der Waals surface area contributed by atoms with Gasteiger partial charge in [0.2, 0.25) is 5.82 Å². The van der Waals surface area contributed by atoms with Crippen LogP contribution in [0.25, 0.3) is 0 Å². The molecule has 2 fully saturated rings. The number of anilines is 3. The van der Waals surface area contributed by atoms with Gasteiger partial charge >= 0.3 is 17.9 Å². The molecule has 0 unspecified atom stereocenters. The molecule has 2 amide bonds. The highest BCUT2D eigenvalue weighted by molar-refractivity contribution is 5.68. The van der Waals surface area contributed by atoms with E-state index in [9.17, 15) is 39.9 Å². The van der Waals surface area contributed by atoms with Crippen LogP contribution in [0.2, 0.25) is 0 Å². The van der Waals surface area contributed by atoms with E-state index in [1.165, 1.54) is 12.3 Å². The molecule has 0 radical (unpaired) electrons. The summed E-state index contributed by atoms with van der Waals surface area (Å²) >= 11 is 0. The molecule has 2 aliphatic heterocycles. The van der Waals surface area contributed by atoms with Crippen molar-refractivity contribution >= 4 is 46.6 Å². The Morgan fingerprint density at radius 2 is 0.928 bits per heavy atom. The first-order valence-corrected chi connectivity index (χ1v) is 19.9. The van der Waals surface area contributed by atoms with Crippen LogP contribution < -0.4 is 16.4 Å². The van der Waals surface area contributed by atoms with Crippen LogP contribution in [0.3, 0.4) is 0 Å². The number of ether oxygens (including phenoxy) is 2. The standard InChI is InChI=1S/C22H4.C13H17N5O6.C13H19N5O4.CH4/c1-3-5-7-9-11-13-15-17-19-21-22-20-18-16-14-12-10-8-6-4-2;1-2-24-13(19)16-5-3-9(4-6-16)15-12-11(18(22)23)7-10(8-14-12)17(20)21;1-2-22-13(19)17-5-3-9(4-6-17)16-12-11(14)7-10(8-15-12)18(20)21;/h1-2H2;7-9H,2-6H2,1H3,(H,14,15);7-9H,2-6,14H2,1H3,(H,15,16);1H4. The molecule has 20 nitrogen and oxygen atoms in total. The van der Waals surface area contributed by atoms with E-state index in [4.69, 9.17) is 15.2 Å². The number of rotatable bonds is 9. The Morgan fingerprint density at radius 3 is 1.23 bits per heavy atom. The van der Waals surface area contributed by atoms with Gasteiger partial charge < -0.3 is 35.6 Å². The van der Waals surface area contributed by atoms with Crippen LogP contribution in [0.1, 0.15) is 47.0 Å². The topological polar surface area (TPSA) is 264 Å². The van der Waals surface area contributed by atoms with Crippen LogP contribution in [0.4, 0.5) is 44.0 Å². The molecule has 4 rings (SSSR count). The normalized spacial score (nSPS) is 11.3. The van der Waals surface area contributed by atoms with Gasteiger partial charge in [0.1, 0.15) is 18.2 Å². The lowest BCUT2D eigenvalue weighted by Crippen LogP contribution is -2.42. The maximum Gasteiger partial charge on any atom is 0.409 e. The fourth-order valence-corrected chi connectivity index (χ4v) is 5.30. The molecular formula is C49H44N10O10. The first-order valence-electron chi connectivity index (χ1n) is 19.9. The van der Waals surface area contributed by atoms with Crippen molar-refractivity contribution in [2.24, 2.45) is 0 Å². The number of nitrogen functional groups attached to an aromatic ring is 1. The SMILES string of the molecule is C.C=C=C=C=C=C=C=C=C=C=C=C=C=C=C=C=C=C=C=C=C=C.CCOC(=O)N1CCC(Nc2ncc([N+](=O)[O-])cc2N)CC1.CCOC(=O)N1CCC(Nc2ncc([N+](=O)[O-])cc2[N+](=O)[O-])CC1. The Bertz CT molecular complexity index is 2920. The van der Waals surface area contributed by atoms with Crippen molar-refractivity contribution in [1.29, 1.82) is 0 Å². The van der Waals surface area contributed by atoms with Crippen molar-refractivity contribution in [3.63, 3.8) is 0 Å². The maximum atomic E-state index is 11.6. The van der Waals surface area contributed by atoms with Crippen molar-refractivity contribution in [3.05, 3.63) is 183 Å². The highest BCUT2D eigenvalue weighted by Crippen LogP contribution is 2.28. The van der Waals surface area contributed by atoms with Gasteiger partial charge in [0.15, 0.2) is 0 Å². The first kappa shape index (κ1) is 56.8. The Morgan fingerprint density at radius 1 is 0.609 bits per heavy atom. The zero-order valence-corrected chi connectivity index (χ0v) is 36.7. The van der Waals surface area contributed by atoms with E-state index < -0.39 is 26.1 Å². The first-order chi connectivity index (χ1) is 32.8. The fourth-order valence-electron chi connectivity index (χ4n) is 5.30. The van der Waals surface area contributed by atoms with Gasteiger partial charge in [-0.15, -0.1) is 0 Å². The van der Waals surface area contributed by atoms with E-state index in [2.05, 4.69) is 148 Å². The minimum absolute atomic E-state index is 0. The Balaban J connectivity index is 0.000000515. The lowest BCUT2D eigenvalue weighted by Gasteiger charge is -2.32. The minimum atomic E-state index is -0.735. The number of nitro groups is 3.